The van der Waals surface area contributed by atoms with Crippen molar-refractivity contribution in [2.24, 2.45) is 0 Å². The van der Waals surface area contributed by atoms with E-state index in [9.17, 15) is 19.1 Å². The first-order valence-corrected chi connectivity index (χ1v) is 7.47. The molecular formula is C15H12FNO3S. The SMILES string of the molecule is O=[N+]([O-])c1ccc(C=C[S+]([O-])Cc2ccc(F)cc2)cc1. The Bertz CT molecular complexity index is 641. The number of nitro groups is 1. The highest BCUT2D eigenvalue weighted by molar-refractivity contribution is 7.93. The first-order valence-electron chi connectivity index (χ1n) is 6.09. The van der Waals surface area contributed by atoms with E-state index in [4.69, 9.17) is 0 Å². The lowest BCUT2D eigenvalue weighted by Gasteiger charge is -2.05. The fraction of sp³-hybridized carbons (Fsp3) is 0.0667. The first kappa shape index (κ1) is 15.2. The van der Waals surface area contributed by atoms with Crippen molar-refractivity contribution in [3.8, 4) is 0 Å². The van der Waals surface area contributed by atoms with E-state index >= 15 is 0 Å². The summed E-state index contributed by atoms with van der Waals surface area (Å²) in [5.74, 6) is -0.0324. The molecule has 2 aromatic carbocycles. The van der Waals surface area contributed by atoms with Gasteiger partial charge < -0.3 is 4.55 Å². The number of benzene rings is 2. The summed E-state index contributed by atoms with van der Waals surface area (Å²) in [4.78, 5) is 10.0. The highest BCUT2D eigenvalue weighted by Gasteiger charge is 2.05. The molecule has 108 valence electrons. The van der Waals surface area contributed by atoms with E-state index < -0.39 is 16.1 Å². The molecule has 0 aliphatic heterocycles. The fourth-order valence-electron chi connectivity index (χ4n) is 1.65. The third-order valence-electron chi connectivity index (χ3n) is 2.74. The van der Waals surface area contributed by atoms with Gasteiger partial charge in [0.2, 0.25) is 0 Å². The van der Waals surface area contributed by atoms with Gasteiger partial charge in [-0.25, -0.2) is 4.39 Å². The molecule has 0 bridgehead atoms. The van der Waals surface area contributed by atoms with Gasteiger partial charge in [-0.15, -0.1) is 0 Å². The molecule has 2 rings (SSSR count). The van der Waals surface area contributed by atoms with Crippen LogP contribution in [0.3, 0.4) is 0 Å². The molecule has 0 saturated carbocycles. The van der Waals surface area contributed by atoms with Crippen LogP contribution in [0.25, 0.3) is 6.08 Å². The number of nitro benzene ring substituents is 1. The predicted molar refractivity (Wildman–Crippen MR) is 80.4 cm³/mol. The first-order chi connectivity index (χ1) is 10.0. The molecule has 0 fully saturated rings. The molecule has 0 N–H and O–H groups in total. The van der Waals surface area contributed by atoms with E-state index in [1.54, 1.807) is 30.3 Å². The van der Waals surface area contributed by atoms with Crippen molar-refractivity contribution in [2.75, 3.05) is 0 Å². The summed E-state index contributed by atoms with van der Waals surface area (Å²) in [6.07, 6.45) is 1.64. The van der Waals surface area contributed by atoms with E-state index in [1.807, 2.05) is 0 Å². The minimum atomic E-state index is -1.23. The molecule has 0 aliphatic carbocycles. The maximum absolute atomic E-state index is 12.7. The lowest BCUT2D eigenvalue weighted by atomic mass is 10.2. The molecule has 0 radical (unpaired) electrons. The second kappa shape index (κ2) is 7.01. The lowest BCUT2D eigenvalue weighted by molar-refractivity contribution is -0.384. The summed E-state index contributed by atoms with van der Waals surface area (Å²) in [6.45, 7) is 0. The van der Waals surface area contributed by atoms with Crippen LogP contribution in [0.5, 0.6) is 0 Å². The van der Waals surface area contributed by atoms with Crippen LogP contribution in [-0.4, -0.2) is 9.48 Å². The number of non-ortho nitro benzene ring substituents is 1. The van der Waals surface area contributed by atoms with Gasteiger partial charge in [-0.1, -0.05) is 12.1 Å². The van der Waals surface area contributed by atoms with Crippen molar-refractivity contribution < 1.29 is 13.9 Å². The van der Waals surface area contributed by atoms with Crippen LogP contribution in [0.2, 0.25) is 0 Å². The maximum atomic E-state index is 12.7. The van der Waals surface area contributed by atoms with Gasteiger partial charge in [-0.3, -0.25) is 10.1 Å². The van der Waals surface area contributed by atoms with Crippen LogP contribution in [0.1, 0.15) is 11.1 Å². The fourth-order valence-corrected chi connectivity index (χ4v) is 2.58. The average Bonchev–Trinajstić information content (AvgIpc) is 2.48. The zero-order chi connectivity index (χ0) is 15.2. The van der Waals surface area contributed by atoms with Crippen molar-refractivity contribution in [1.82, 2.24) is 0 Å². The number of nitrogens with zero attached hydrogens (tertiary/aromatic N) is 1. The van der Waals surface area contributed by atoms with Crippen LogP contribution in [0.4, 0.5) is 10.1 Å². The zero-order valence-electron chi connectivity index (χ0n) is 10.9. The summed E-state index contributed by atoms with van der Waals surface area (Å²) in [5.41, 5.74) is 1.52. The van der Waals surface area contributed by atoms with Gasteiger partial charge in [0.15, 0.2) is 0 Å². The van der Waals surface area contributed by atoms with E-state index in [1.165, 1.54) is 29.7 Å². The van der Waals surface area contributed by atoms with Crippen LogP contribution in [-0.2, 0) is 16.9 Å². The molecule has 0 aliphatic rings. The summed E-state index contributed by atoms with van der Waals surface area (Å²) >= 11 is -1.23. The lowest BCUT2D eigenvalue weighted by Crippen LogP contribution is -2.00. The second-order valence-electron chi connectivity index (χ2n) is 4.30. The summed E-state index contributed by atoms with van der Waals surface area (Å²) in [7, 11) is 0. The summed E-state index contributed by atoms with van der Waals surface area (Å²) < 4.78 is 24.6. The zero-order valence-corrected chi connectivity index (χ0v) is 11.8. The van der Waals surface area contributed by atoms with Crippen molar-refractivity contribution in [2.45, 2.75) is 5.75 Å². The third-order valence-corrected chi connectivity index (χ3v) is 3.80. The molecule has 2 aromatic rings. The highest BCUT2D eigenvalue weighted by atomic mass is 32.2. The van der Waals surface area contributed by atoms with Gasteiger partial charge in [0.25, 0.3) is 5.69 Å². The smallest absolute Gasteiger partial charge is 0.269 e. The van der Waals surface area contributed by atoms with Gasteiger partial charge in [-0.2, -0.15) is 0 Å². The Morgan fingerprint density at radius 2 is 1.71 bits per heavy atom. The molecule has 1 atom stereocenters. The van der Waals surface area contributed by atoms with Crippen molar-refractivity contribution in [3.63, 3.8) is 0 Å². The largest absolute Gasteiger partial charge is 0.612 e. The molecule has 0 heterocycles. The van der Waals surface area contributed by atoms with Gasteiger partial charge >= 0.3 is 0 Å². The van der Waals surface area contributed by atoms with E-state index in [0.717, 1.165) is 11.1 Å². The number of halogens is 1. The van der Waals surface area contributed by atoms with Crippen molar-refractivity contribution in [3.05, 3.63) is 81.0 Å². The molecule has 0 aromatic heterocycles. The van der Waals surface area contributed by atoms with Crippen molar-refractivity contribution in [1.29, 1.82) is 0 Å². The average molecular weight is 305 g/mol. The quantitative estimate of drug-likeness (QED) is 0.481. The standard InChI is InChI=1S/C15H12FNO3S/c16-14-5-1-13(2-6-14)11-21(20)10-9-12-3-7-15(8-4-12)17(18)19/h1-10H,11H2. The Hall–Kier alpha value is -2.18. The minimum absolute atomic E-state index is 0.0135. The molecule has 0 spiro atoms. The Morgan fingerprint density at radius 3 is 2.29 bits per heavy atom. The Labute approximate surface area is 124 Å². The van der Waals surface area contributed by atoms with E-state index in [2.05, 4.69) is 0 Å². The molecular weight excluding hydrogens is 293 g/mol. The minimum Gasteiger partial charge on any atom is -0.612 e. The second-order valence-corrected chi connectivity index (χ2v) is 5.63. The van der Waals surface area contributed by atoms with Gasteiger partial charge in [0.1, 0.15) is 17.0 Å². The molecule has 0 saturated heterocycles. The normalized spacial score (nSPS) is 12.5. The van der Waals surface area contributed by atoms with Crippen LogP contribution < -0.4 is 0 Å². The predicted octanol–water partition coefficient (Wildman–Crippen LogP) is 3.65. The maximum Gasteiger partial charge on any atom is 0.269 e. The molecule has 21 heavy (non-hydrogen) atoms. The topological polar surface area (TPSA) is 66.2 Å². The van der Waals surface area contributed by atoms with Crippen LogP contribution in [0.15, 0.2) is 53.9 Å². The van der Waals surface area contributed by atoms with E-state index in [0.29, 0.717) is 5.75 Å². The molecule has 1 unspecified atom stereocenters. The molecule has 0 amide bonds. The van der Waals surface area contributed by atoms with Gasteiger partial charge in [0, 0.05) is 17.7 Å². The van der Waals surface area contributed by atoms with Crippen LogP contribution >= 0.6 is 0 Å². The number of rotatable bonds is 5. The third kappa shape index (κ3) is 4.70. The Morgan fingerprint density at radius 1 is 1.10 bits per heavy atom. The summed E-state index contributed by atoms with van der Waals surface area (Å²) in [5, 5.41) is 12.0. The Kier molecular flexibility index (Phi) is 5.08. The molecule has 4 nitrogen and oxygen atoms in total. The van der Waals surface area contributed by atoms with Crippen LogP contribution in [0, 0.1) is 15.9 Å². The van der Waals surface area contributed by atoms with Crippen molar-refractivity contribution >= 4 is 22.9 Å². The monoisotopic (exact) mass is 305 g/mol. The van der Waals surface area contributed by atoms with Gasteiger partial charge in [0.05, 0.1) is 4.92 Å². The van der Waals surface area contributed by atoms with Gasteiger partial charge in [-0.05, 0) is 47.1 Å². The number of hydrogen-bond donors (Lipinski definition) is 0. The highest BCUT2D eigenvalue weighted by Crippen LogP contribution is 2.14. The summed E-state index contributed by atoms with van der Waals surface area (Å²) in [6, 6.07) is 11.8. The molecule has 6 heteroatoms. The van der Waals surface area contributed by atoms with E-state index in [-0.39, 0.29) is 11.5 Å². The number of hydrogen-bond acceptors (Lipinski definition) is 3. The Balaban J connectivity index is 1.96.